The molecule has 34 heavy (non-hydrogen) atoms. The number of halogens is 2. The molecule has 0 bridgehead atoms. The lowest BCUT2D eigenvalue weighted by molar-refractivity contribution is 0.0659. The lowest BCUT2D eigenvalue weighted by atomic mass is 9.86. The van der Waals surface area contributed by atoms with Crippen LogP contribution in [0.3, 0.4) is 0 Å². The van der Waals surface area contributed by atoms with Crippen LogP contribution in [0.25, 0.3) is 10.9 Å². The number of piperidine rings is 1. The molecular weight excluding hydrogens is 455 g/mol. The van der Waals surface area contributed by atoms with Crippen molar-refractivity contribution >= 4 is 34.1 Å². The van der Waals surface area contributed by atoms with Crippen LogP contribution < -0.4 is 5.32 Å². The van der Waals surface area contributed by atoms with Gasteiger partial charge >= 0.3 is 0 Å². The average Bonchev–Trinajstić information content (AvgIpc) is 3.45. The molecule has 1 aliphatic carbocycles. The monoisotopic (exact) mass is 484 g/mol. The van der Waals surface area contributed by atoms with Crippen LogP contribution in [0.1, 0.15) is 49.3 Å². The van der Waals surface area contributed by atoms with E-state index in [0.717, 1.165) is 41.7 Å². The fourth-order valence-corrected chi connectivity index (χ4v) is 5.92. The van der Waals surface area contributed by atoms with Gasteiger partial charge in [-0.1, -0.05) is 18.5 Å². The van der Waals surface area contributed by atoms with Crippen molar-refractivity contribution in [3.05, 3.63) is 40.8 Å². The number of likely N-dealkylation sites (tertiary alicyclic amines) is 1. The predicted molar refractivity (Wildman–Crippen MR) is 131 cm³/mol. The SMILES string of the molecule is C[C@@H]1COC[C@@H]1N1CC[C@@H](c2cc3nc(Nc4cnn(C)c4C4CC4)ncc3cc2Cl)[C@H](F)C1. The Morgan fingerprint density at radius 2 is 2.03 bits per heavy atom. The highest BCUT2D eigenvalue weighted by Crippen LogP contribution is 2.43. The van der Waals surface area contributed by atoms with Gasteiger partial charge in [0.2, 0.25) is 5.95 Å². The number of hydrogen-bond donors (Lipinski definition) is 1. The first-order valence-electron chi connectivity index (χ1n) is 12.2. The summed E-state index contributed by atoms with van der Waals surface area (Å²) >= 11 is 6.64. The van der Waals surface area contributed by atoms with Gasteiger partial charge in [0.05, 0.1) is 36.3 Å². The first-order chi connectivity index (χ1) is 16.5. The number of alkyl halides is 1. The second-order valence-corrected chi connectivity index (χ2v) is 10.5. The standard InChI is InChI=1S/C25H30ClFN6O/c1-14-12-34-13-23(14)33-6-5-17(20(27)11-33)18-8-21-16(7-19(18)26)9-28-25(30-21)31-22-10-29-32(2)24(22)15-3-4-15/h7-10,14-15,17,20,23H,3-6,11-13H2,1-2H3,(H,28,30,31)/t14-,17+,20-,23+/m1/s1. The van der Waals surface area contributed by atoms with Crippen molar-refractivity contribution in [3.8, 4) is 0 Å². The van der Waals surface area contributed by atoms with Gasteiger partial charge in [-0.2, -0.15) is 5.10 Å². The Morgan fingerprint density at radius 3 is 2.76 bits per heavy atom. The topological polar surface area (TPSA) is 68.1 Å². The summed E-state index contributed by atoms with van der Waals surface area (Å²) in [5, 5.41) is 9.16. The van der Waals surface area contributed by atoms with Gasteiger partial charge in [0.25, 0.3) is 0 Å². The van der Waals surface area contributed by atoms with Crippen molar-refractivity contribution in [3.63, 3.8) is 0 Å². The van der Waals surface area contributed by atoms with Crippen LogP contribution in [-0.4, -0.2) is 63.2 Å². The van der Waals surface area contributed by atoms with Crippen LogP contribution in [0, 0.1) is 5.92 Å². The fraction of sp³-hybridized carbons (Fsp3) is 0.560. The van der Waals surface area contributed by atoms with Gasteiger partial charge < -0.3 is 10.1 Å². The largest absolute Gasteiger partial charge is 0.379 e. The molecule has 1 saturated carbocycles. The zero-order valence-electron chi connectivity index (χ0n) is 19.5. The summed E-state index contributed by atoms with van der Waals surface area (Å²) in [6.45, 7) is 4.90. The van der Waals surface area contributed by atoms with E-state index in [4.69, 9.17) is 21.3 Å². The molecule has 3 fully saturated rings. The van der Waals surface area contributed by atoms with E-state index in [-0.39, 0.29) is 5.92 Å². The molecule has 4 heterocycles. The highest BCUT2D eigenvalue weighted by atomic mass is 35.5. The third kappa shape index (κ3) is 4.06. The smallest absolute Gasteiger partial charge is 0.227 e. The van der Waals surface area contributed by atoms with Gasteiger partial charge in [-0.15, -0.1) is 0 Å². The Labute approximate surface area is 203 Å². The molecule has 180 valence electrons. The summed E-state index contributed by atoms with van der Waals surface area (Å²) in [6.07, 6.45) is 5.71. The Morgan fingerprint density at radius 1 is 1.18 bits per heavy atom. The van der Waals surface area contributed by atoms with E-state index in [9.17, 15) is 0 Å². The maximum absolute atomic E-state index is 15.4. The van der Waals surface area contributed by atoms with Crippen molar-refractivity contribution in [1.82, 2.24) is 24.6 Å². The van der Waals surface area contributed by atoms with Crippen LogP contribution in [0.2, 0.25) is 5.02 Å². The summed E-state index contributed by atoms with van der Waals surface area (Å²) in [7, 11) is 1.97. The molecule has 2 aromatic heterocycles. The molecule has 0 radical (unpaired) electrons. The maximum Gasteiger partial charge on any atom is 0.227 e. The lowest BCUT2D eigenvalue weighted by Crippen LogP contribution is -2.48. The second-order valence-electron chi connectivity index (χ2n) is 10.1. The fourth-order valence-electron chi connectivity index (χ4n) is 5.61. The third-order valence-electron chi connectivity index (χ3n) is 7.66. The van der Waals surface area contributed by atoms with E-state index >= 15 is 4.39 Å². The van der Waals surface area contributed by atoms with E-state index in [1.807, 2.05) is 30.1 Å². The van der Waals surface area contributed by atoms with Gasteiger partial charge in [-0.3, -0.25) is 9.58 Å². The molecule has 0 spiro atoms. The van der Waals surface area contributed by atoms with Gasteiger partial charge in [-0.05, 0) is 49.4 Å². The first kappa shape index (κ1) is 22.2. The highest BCUT2D eigenvalue weighted by molar-refractivity contribution is 6.32. The normalized spacial score (nSPS) is 28.0. The number of rotatable bonds is 5. The van der Waals surface area contributed by atoms with Gasteiger partial charge in [-0.25, -0.2) is 14.4 Å². The minimum atomic E-state index is -0.979. The Bertz CT molecular complexity index is 1210. The minimum Gasteiger partial charge on any atom is -0.379 e. The number of aromatic nitrogens is 4. The minimum absolute atomic E-state index is 0.239. The molecule has 1 aromatic carbocycles. The molecule has 7 nitrogen and oxygen atoms in total. The van der Waals surface area contributed by atoms with Crippen molar-refractivity contribution < 1.29 is 9.13 Å². The quantitative estimate of drug-likeness (QED) is 0.561. The molecule has 3 aliphatic rings. The Kier molecular flexibility index (Phi) is 5.70. The molecule has 3 aromatic rings. The van der Waals surface area contributed by atoms with Crippen LogP contribution >= 0.6 is 11.6 Å². The number of nitrogens with one attached hydrogen (secondary N) is 1. The number of benzene rings is 1. The summed E-state index contributed by atoms with van der Waals surface area (Å²) < 4.78 is 23.0. The van der Waals surface area contributed by atoms with E-state index in [2.05, 4.69) is 27.2 Å². The molecule has 2 aliphatic heterocycles. The zero-order valence-corrected chi connectivity index (χ0v) is 20.3. The number of anilines is 2. The van der Waals surface area contributed by atoms with E-state index in [1.54, 1.807) is 6.20 Å². The Balaban J connectivity index is 1.24. The molecule has 0 unspecified atom stereocenters. The highest BCUT2D eigenvalue weighted by Gasteiger charge is 2.38. The number of ether oxygens (including phenoxy) is 1. The van der Waals surface area contributed by atoms with Gasteiger partial charge in [0, 0.05) is 48.1 Å². The summed E-state index contributed by atoms with van der Waals surface area (Å²) in [5.74, 6) is 1.26. The maximum atomic E-state index is 15.4. The number of hydrogen-bond acceptors (Lipinski definition) is 6. The number of fused-ring (bicyclic) bond motifs is 1. The molecule has 9 heteroatoms. The zero-order chi connectivity index (χ0) is 23.4. The molecule has 6 rings (SSSR count). The van der Waals surface area contributed by atoms with Crippen LogP contribution in [-0.2, 0) is 11.8 Å². The molecule has 2 saturated heterocycles. The van der Waals surface area contributed by atoms with Crippen molar-refractivity contribution in [2.45, 2.75) is 50.2 Å². The van der Waals surface area contributed by atoms with E-state index in [0.29, 0.717) is 42.0 Å². The number of aryl methyl sites for hydroxylation is 1. The van der Waals surface area contributed by atoms with E-state index in [1.165, 1.54) is 18.5 Å². The molecular formula is C25H30ClFN6O. The van der Waals surface area contributed by atoms with Crippen molar-refractivity contribution in [2.75, 3.05) is 31.6 Å². The first-order valence-corrected chi connectivity index (χ1v) is 12.6. The average molecular weight is 485 g/mol. The Hall–Kier alpha value is -2.29. The summed E-state index contributed by atoms with van der Waals surface area (Å²) in [5.41, 5.74) is 3.73. The lowest BCUT2D eigenvalue weighted by Gasteiger charge is -2.39. The predicted octanol–water partition coefficient (Wildman–Crippen LogP) is 4.80. The van der Waals surface area contributed by atoms with Gasteiger partial charge in [0.1, 0.15) is 6.17 Å². The second kappa shape index (κ2) is 8.73. The number of nitrogens with zero attached hydrogens (tertiary/aromatic N) is 5. The van der Waals surface area contributed by atoms with Crippen LogP contribution in [0.15, 0.2) is 24.5 Å². The van der Waals surface area contributed by atoms with Crippen LogP contribution in [0.4, 0.5) is 16.0 Å². The molecule has 4 atom stereocenters. The summed E-state index contributed by atoms with van der Waals surface area (Å²) in [4.78, 5) is 11.5. The van der Waals surface area contributed by atoms with Crippen LogP contribution in [0.5, 0.6) is 0 Å². The summed E-state index contributed by atoms with van der Waals surface area (Å²) in [6, 6.07) is 4.12. The third-order valence-corrected chi connectivity index (χ3v) is 7.99. The van der Waals surface area contributed by atoms with Crippen molar-refractivity contribution in [2.24, 2.45) is 13.0 Å². The molecule has 1 N–H and O–H groups in total. The molecule has 0 amide bonds. The van der Waals surface area contributed by atoms with Crippen molar-refractivity contribution in [1.29, 1.82) is 0 Å². The van der Waals surface area contributed by atoms with Gasteiger partial charge in [0.15, 0.2) is 0 Å². The van der Waals surface area contributed by atoms with E-state index < -0.39 is 6.17 Å².